The molecule has 2 N–H and O–H groups in total. The van der Waals surface area contributed by atoms with Gasteiger partial charge in [0, 0.05) is 36.6 Å². The Morgan fingerprint density at radius 1 is 1.18 bits per heavy atom. The summed E-state index contributed by atoms with van der Waals surface area (Å²) < 4.78 is 38.7. The lowest BCUT2D eigenvalue weighted by atomic mass is 10.1. The van der Waals surface area contributed by atoms with Crippen LogP contribution in [0.3, 0.4) is 0 Å². The number of pyridine rings is 1. The summed E-state index contributed by atoms with van der Waals surface area (Å²) in [7, 11) is 0. The molecule has 0 aliphatic carbocycles. The van der Waals surface area contributed by atoms with Gasteiger partial charge in [-0.1, -0.05) is 6.07 Å². The summed E-state index contributed by atoms with van der Waals surface area (Å²) in [6.07, 6.45) is -0.441. The number of benzene rings is 1. The van der Waals surface area contributed by atoms with Gasteiger partial charge in [0.15, 0.2) is 0 Å². The van der Waals surface area contributed by atoms with E-state index < -0.39 is 16.9 Å². The summed E-state index contributed by atoms with van der Waals surface area (Å²) in [5, 5.41) is 7.00. The minimum Gasteiger partial charge on any atom is -0.311 e. The van der Waals surface area contributed by atoms with Crippen LogP contribution in [-0.4, -0.2) is 22.7 Å². The Morgan fingerprint density at radius 3 is 2.46 bits per heavy atom. The molecule has 2 unspecified atom stereocenters. The van der Waals surface area contributed by atoms with Crippen LogP contribution in [0.1, 0.15) is 16.8 Å². The number of urea groups is 1. The Bertz CT molecular complexity index is 920. The molecule has 2 amide bonds. The largest absolute Gasteiger partial charge is 0.433 e. The molecule has 0 radical (unpaired) electrons. The van der Waals surface area contributed by atoms with Crippen LogP contribution in [0.5, 0.6) is 0 Å². The van der Waals surface area contributed by atoms with Gasteiger partial charge in [0.25, 0.3) is 0 Å². The third-order valence-electron chi connectivity index (χ3n) is 5.06. The van der Waals surface area contributed by atoms with Crippen LogP contribution < -0.4 is 15.1 Å². The molecule has 2 atom stereocenters. The highest BCUT2D eigenvalue weighted by atomic mass is 32.2. The van der Waals surface area contributed by atoms with E-state index in [4.69, 9.17) is 0 Å². The first-order valence-electron chi connectivity index (χ1n) is 8.68. The molecule has 1 aromatic carbocycles. The number of nitrogens with one attached hydrogen (secondary N) is 2. The summed E-state index contributed by atoms with van der Waals surface area (Å²) in [5.41, 5.74) is 1.61. The molecule has 1 fully saturated rings. The Kier molecular flexibility index (Phi) is 4.39. The molecule has 3 heterocycles. The van der Waals surface area contributed by atoms with Gasteiger partial charge in [0.05, 0.1) is 5.56 Å². The second-order valence-electron chi connectivity index (χ2n) is 6.79. The molecule has 5 nitrogen and oxygen atoms in total. The highest BCUT2D eigenvalue weighted by molar-refractivity contribution is 8.03. The van der Waals surface area contributed by atoms with Crippen molar-refractivity contribution < 1.29 is 18.0 Å². The lowest BCUT2D eigenvalue weighted by molar-refractivity contribution is -0.137. The van der Waals surface area contributed by atoms with E-state index in [-0.39, 0.29) is 10.5 Å². The van der Waals surface area contributed by atoms with Gasteiger partial charge in [-0.05, 0) is 47.9 Å². The van der Waals surface area contributed by atoms with Gasteiger partial charge < -0.3 is 5.32 Å². The fourth-order valence-electron chi connectivity index (χ4n) is 3.53. The van der Waals surface area contributed by atoms with E-state index in [1.54, 1.807) is 12.4 Å². The smallest absolute Gasteiger partial charge is 0.311 e. The molecule has 9 heteroatoms. The summed E-state index contributed by atoms with van der Waals surface area (Å²) in [6, 6.07) is 8.38. The molecule has 0 bridgehead atoms. The lowest BCUT2D eigenvalue weighted by Gasteiger charge is -2.54. The van der Waals surface area contributed by atoms with Crippen molar-refractivity contribution in [3.8, 4) is 0 Å². The van der Waals surface area contributed by atoms with E-state index in [1.807, 2.05) is 24.5 Å². The topological polar surface area (TPSA) is 54.0 Å². The van der Waals surface area contributed by atoms with E-state index in [1.165, 1.54) is 23.9 Å². The van der Waals surface area contributed by atoms with Crippen LogP contribution >= 0.6 is 11.8 Å². The number of thioether (sulfide) groups is 1. The second-order valence-corrected chi connectivity index (χ2v) is 7.89. The third-order valence-corrected chi connectivity index (χ3v) is 6.20. The van der Waals surface area contributed by atoms with Gasteiger partial charge in [0.2, 0.25) is 0 Å². The van der Waals surface area contributed by atoms with Gasteiger partial charge in [-0.15, -0.1) is 0 Å². The number of carbonyl (C=O) groups excluding carboxylic acids is 1. The zero-order valence-corrected chi connectivity index (χ0v) is 15.8. The van der Waals surface area contributed by atoms with E-state index >= 15 is 0 Å². The number of carbonyl (C=O) groups is 1. The molecule has 146 valence electrons. The summed E-state index contributed by atoms with van der Waals surface area (Å²) in [4.78, 5) is 17.2. The molecule has 1 aromatic heterocycles. The number of aromatic nitrogens is 1. The SMILES string of the molecule is Cc1ccc(CC[N+]2(c3ccc(C(F)(F)F)cc3)C(=O)NC23NC=CS3)nc1. The Morgan fingerprint density at radius 2 is 1.93 bits per heavy atom. The molecule has 28 heavy (non-hydrogen) atoms. The van der Waals surface area contributed by atoms with Crippen molar-refractivity contribution >= 4 is 23.5 Å². The maximum Gasteiger partial charge on any atom is 0.433 e. The van der Waals surface area contributed by atoms with Gasteiger partial charge in [0.1, 0.15) is 12.2 Å². The molecular weight excluding hydrogens is 389 g/mol. The van der Waals surface area contributed by atoms with Crippen LogP contribution in [0.25, 0.3) is 0 Å². The second kappa shape index (κ2) is 6.52. The predicted molar refractivity (Wildman–Crippen MR) is 102 cm³/mol. The Hall–Kier alpha value is -2.52. The van der Waals surface area contributed by atoms with Crippen LogP contribution in [0.4, 0.5) is 23.7 Å². The minimum absolute atomic E-state index is 0.154. The fourth-order valence-corrected chi connectivity index (χ4v) is 4.60. The van der Waals surface area contributed by atoms with E-state index in [9.17, 15) is 18.0 Å². The molecule has 4 rings (SSSR count). The van der Waals surface area contributed by atoms with Crippen molar-refractivity contribution in [2.24, 2.45) is 0 Å². The summed E-state index contributed by atoms with van der Waals surface area (Å²) in [6.45, 7) is 2.30. The summed E-state index contributed by atoms with van der Waals surface area (Å²) in [5.74, 6) is 0. The first-order chi connectivity index (χ1) is 13.3. The Balaban J connectivity index is 1.70. The van der Waals surface area contributed by atoms with Crippen molar-refractivity contribution in [1.82, 2.24) is 20.1 Å². The molecule has 1 spiro atoms. The van der Waals surface area contributed by atoms with Crippen molar-refractivity contribution in [3.05, 3.63) is 71.0 Å². The standard InChI is InChI=1S/C19H17F3N4OS/c1-13-2-5-15(23-12-13)8-10-26(17(27)25-19(26)24-9-11-28-19)16-6-3-14(4-7-16)18(20,21)22/h2-7,9,11-12,24H,8,10H2,1H3/p+1. The fraction of sp³-hybridized carbons (Fsp3) is 0.263. The minimum atomic E-state index is -4.42. The van der Waals surface area contributed by atoms with Crippen molar-refractivity contribution in [3.63, 3.8) is 0 Å². The van der Waals surface area contributed by atoms with Crippen molar-refractivity contribution in [1.29, 1.82) is 0 Å². The number of hydrogen-bond acceptors (Lipinski definition) is 4. The van der Waals surface area contributed by atoms with E-state index in [0.717, 1.165) is 23.4 Å². The van der Waals surface area contributed by atoms with Crippen molar-refractivity contribution in [2.75, 3.05) is 6.54 Å². The van der Waals surface area contributed by atoms with Crippen LogP contribution in [0, 0.1) is 6.92 Å². The number of alkyl halides is 3. The number of rotatable bonds is 4. The monoisotopic (exact) mass is 407 g/mol. The number of aryl methyl sites for hydroxylation is 1. The number of hydrogen-bond donors (Lipinski definition) is 2. The van der Waals surface area contributed by atoms with Gasteiger partial charge in [-0.25, -0.2) is 10.1 Å². The predicted octanol–water partition coefficient (Wildman–Crippen LogP) is 4.10. The number of quaternary nitrogens is 1. The highest BCUT2D eigenvalue weighted by Crippen LogP contribution is 2.47. The first kappa shape index (κ1) is 18.8. The average Bonchev–Trinajstić information content (AvgIpc) is 3.14. The lowest BCUT2D eigenvalue weighted by Crippen LogP contribution is -2.90. The first-order valence-corrected chi connectivity index (χ1v) is 9.56. The molecule has 2 aliphatic rings. The van der Waals surface area contributed by atoms with E-state index in [0.29, 0.717) is 18.7 Å². The van der Waals surface area contributed by atoms with Crippen LogP contribution in [0.2, 0.25) is 0 Å². The maximum absolute atomic E-state index is 13.0. The molecule has 0 saturated carbocycles. The number of halogens is 3. The van der Waals surface area contributed by atoms with Gasteiger partial charge in [-0.3, -0.25) is 4.98 Å². The van der Waals surface area contributed by atoms with Crippen LogP contribution in [-0.2, 0) is 12.6 Å². The normalized spacial score (nSPS) is 26.1. The number of nitrogens with zero attached hydrogens (tertiary/aromatic N) is 2. The Labute approximate surface area is 164 Å². The van der Waals surface area contributed by atoms with Crippen molar-refractivity contribution in [2.45, 2.75) is 24.6 Å². The van der Waals surface area contributed by atoms with Crippen LogP contribution in [0.15, 0.2) is 54.2 Å². The van der Waals surface area contributed by atoms with Gasteiger partial charge >= 0.3 is 17.3 Å². The van der Waals surface area contributed by atoms with E-state index in [2.05, 4.69) is 15.6 Å². The zero-order chi connectivity index (χ0) is 20.0. The van der Waals surface area contributed by atoms with Gasteiger partial charge in [-0.2, -0.15) is 17.7 Å². The quantitative estimate of drug-likeness (QED) is 0.750. The molecular formula is C19H18F3N4OS+. The molecule has 2 aromatic rings. The molecule has 2 aliphatic heterocycles. The highest BCUT2D eigenvalue weighted by Gasteiger charge is 2.70. The number of amides is 2. The average molecular weight is 407 g/mol. The zero-order valence-electron chi connectivity index (χ0n) is 15.0. The summed E-state index contributed by atoms with van der Waals surface area (Å²) >= 11 is 1.39. The third kappa shape index (κ3) is 2.85. The molecule has 1 saturated heterocycles. The maximum atomic E-state index is 13.0.